The summed E-state index contributed by atoms with van der Waals surface area (Å²) in [7, 11) is 1.97. The highest BCUT2D eigenvalue weighted by Crippen LogP contribution is 2.29. The Hall–Kier alpha value is -0.610. The lowest BCUT2D eigenvalue weighted by atomic mass is 9.81. The third kappa shape index (κ3) is 4.18. The van der Waals surface area contributed by atoms with Gasteiger partial charge in [-0.05, 0) is 56.9 Å². The summed E-state index contributed by atoms with van der Waals surface area (Å²) in [5, 5.41) is 0. The fourth-order valence-electron chi connectivity index (χ4n) is 3.36. The zero-order valence-corrected chi connectivity index (χ0v) is 12.1. The number of carbonyl (C=O) groups is 1. The molecule has 0 bridgehead atoms. The Labute approximate surface area is 116 Å². The van der Waals surface area contributed by atoms with Crippen LogP contribution in [0.4, 0.5) is 0 Å². The molecule has 1 aliphatic heterocycles. The second-order valence-electron chi connectivity index (χ2n) is 6.23. The Morgan fingerprint density at radius 1 is 1.11 bits per heavy atom. The quantitative estimate of drug-likeness (QED) is 0.843. The van der Waals surface area contributed by atoms with Crippen LogP contribution in [-0.2, 0) is 9.53 Å². The minimum atomic E-state index is 0.243. The van der Waals surface area contributed by atoms with Crippen LogP contribution in [0.25, 0.3) is 0 Å². The molecular formula is C15H28N2O2. The summed E-state index contributed by atoms with van der Waals surface area (Å²) in [6.07, 6.45) is 6.49. The molecule has 0 radical (unpaired) electrons. The summed E-state index contributed by atoms with van der Waals surface area (Å²) in [6, 6.07) is 0. The molecule has 1 amide bonds. The van der Waals surface area contributed by atoms with E-state index in [1.807, 2.05) is 11.9 Å². The fraction of sp³-hybridized carbons (Fsp3) is 0.933. The van der Waals surface area contributed by atoms with Crippen molar-refractivity contribution in [2.24, 2.45) is 23.5 Å². The van der Waals surface area contributed by atoms with Gasteiger partial charge in [-0.15, -0.1) is 0 Å². The molecule has 1 saturated carbocycles. The summed E-state index contributed by atoms with van der Waals surface area (Å²) >= 11 is 0. The lowest BCUT2D eigenvalue weighted by Gasteiger charge is -2.32. The van der Waals surface area contributed by atoms with Gasteiger partial charge in [0.2, 0.25) is 5.91 Å². The zero-order chi connectivity index (χ0) is 13.7. The molecule has 1 saturated heterocycles. The smallest absolute Gasteiger partial charge is 0.225 e. The molecule has 0 aromatic carbocycles. The first-order valence-electron chi connectivity index (χ1n) is 7.73. The van der Waals surface area contributed by atoms with Crippen LogP contribution in [0.3, 0.4) is 0 Å². The van der Waals surface area contributed by atoms with Crippen molar-refractivity contribution in [2.45, 2.75) is 38.5 Å². The summed E-state index contributed by atoms with van der Waals surface area (Å²) in [5.74, 6) is 1.86. The van der Waals surface area contributed by atoms with Crippen molar-refractivity contribution in [1.29, 1.82) is 0 Å². The third-order valence-electron chi connectivity index (χ3n) is 4.78. The summed E-state index contributed by atoms with van der Waals surface area (Å²) in [6.45, 7) is 3.39. The number of carbonyl (C=O) groups excluding carboxylic acids is 1. The van der Waals surface area contributed by atoms with Gasteiger partial charge in [-0.1, -0.05) is 0 Å². The molecule has 1 heterocycles. The normalized spacial score (nSPS) is 29.2. The summed E-state index contributed by atoms with van der Waals surface area (Å²) in [5.41, 5.74) is 5.70. The molecule has 2 fully saturated rings. The van der Waals surface area contributed by atoms with Gasteiger partial charge in [0.25, 0.3) is 0 Å². The molecule has 110 valence electrons. The largest absolute Gasteiger partial charge is 0.381 e. The maximum Gasteiger partial charge on any atom is 0.225 e. The molecule has 2 aliphatic rings. The molecule has 4 heteroatoms. The van der Waals surface area contributed by atoms with Crippen LogP contribution in [0.1, 0.15) is 38.5 Å². The molecule has 0 unspecified atom stereocenters. The van der Waals surface area contributed by atoms with Gasteiger partial charge >= 0.3 is 0 Å². The van der Waals surface area contributed by atoms with E-state index in [-0.39, 0.29) is 5.92 Å². The van der Waals surface area contributed by atoms with E-state index in [9.17, 15) is 4.79 Å². The van der Waals surface area contributed by atoms with Crippen LogP contribution in [0, 0.1) is 17.8 Å². The highest BCUT2D eigenvalue weighted by Gasteiger charge is 2.28. The second-order valence-corrected chi connectivity index (χ2v) is 6.23. The average Bonchev–Trinajstić information content (AvgIpc) is 2.47. The van der Waals surface area contributed by atoms with Crippen LogP contribution in [0.15, 0.2) is 0 Å². The van der Waals surface area contributed by atoms with Gasteiger partial charge in [-0.25, -0.2) is 0 Å². The van der Waals surface area contributed by atoms with Gasteiger partial charge in [0, 0.05) is 32.7 Å². The molecule has 1 aliphatic carbocycles. The highest BCUT2D eigenvalue weighted by molar-refractivity contribution is 5.78. The lowest BCUT2D eigenvalue weighted by Crippen LogP contribution is -2.39. The van der Waals surface area contributed by atoms with E-state index in [1.54, 1.807) is 0 Å². The number of hydrogen-bond acceptors (Lipinski definition) is 3. The molecule has 0 aromatic rings. The summed E-state index contributed by atoms with van der Waals surface area (Å²) in [4.78, 5) is 14.4. The number of amides is 1. The number of nitrogens with two attached hydrogens (primary N) is 1. The van der Waals surface area contributed by atoms with Crippen LogP contribution in [-0.4, -0.2) is 44.2 Å². The Morgan fingerprint density at radius 3 is 2.32 bits per heavy atom. The van der Waals surface area contributed by atoms with Crippen LogP contribution in [0.5, 0.6) is 0 Å². The molecule has 0 aromatic heterocycles. The molecule has 4 nitrogen and oxygen atoms in total. The van der Waals surface area contributed by atoms with Crippen molar-refractivity contribution in [3.05, 3.63) is 0 Å². The predicted octanol–water partition coefficient (Wildman–Crippen LogP) is 1.64. The first kappa shape index (κ1) is 14.8. The Kier molecular flexibility index (Phi) is 5.64. The van der Waals surface area contributed by atoms with Gasteiger partial charge in [0.1, 0.15) is 0 Å². The van der Waals surface area contributed by atoms with E-state index in [1.165, 1.54) is 0 Å². The SMILES string of the molecule is CN(CC1CCOCC1)C(=O)C1CCC(CN)CC1. The Morgan fingerprint density at radius 2 is 1.74 bits per heavy atom. The van der Waals surface area contributed by atoms with E-state index in [0.717, 1.165) is 64.8 Å². The van der Waals surface area contributed by atoms with E-state index in [0.29, 0.717) is 17.7 Å². The summed E-state index contributed by atoms with van der Waals surface area (Å²) < 4.78 is 5.37. The van der Waals surface area contributed by atoms with Crippen molar-refractivity contribution >= 4 is 5.91 Å². The van der Waals surface area contributed by atoms with E-state index in [4.69, 9.17) is 10.5 Å². The molecule has 19 heavy (non-hydrogen) atoms. The molecule has 2 rings (SSSR count). The molecular weight excluding hydrogens is 240 g/mol. The highest BCUT2D eigenvalue weighted by atomic mass is 16.5. The van der Waals surface area contributed by atoms with Crippen molar-refractivity contribution < 1.29 is 9.53 Å². The number of hydrogen-bond donors (Lipinski definition) is 1. The van der Waals surface area contributed by atoms with Gasteiger partial charge in [0.05, 0.1) is 0 Å². The van der Waals surface area contributed by atoms with E-state index < -0.39 is 0 Å². The first-order valence-corrected chi connectivity index (χ1v) is 7.73. The minimum Gasteiger partial charge on any atom is -0.381 e. The van der Waals surface area contributed by atoms with Gasteiger partial charge in [0.15, 0.2) is 0 Å². The maximum atomic E-state index is 12.4. The predicted molar refractivity (Wildman–Crippen MR) is 75.7 cm³/mol. The number of nitrogens with zero attached hydrogens (tertiary/aromatic N) is 1. The average molecular weight is 268 g/mol. The number of ether oxygens (including phenoxy) is 1. The third-order valence-corrected chi connectivity index (χ3v) is 4.78. The molecule has 0 spiro atoms. The van der Waals surface area contributed by atoms with Crippen molar-refractivity contribution in [3.8, 4) is 0 Å². The number of rotatable bonds is 4. The van der Waals surface area contributed by atoms with Gasteiger partial charge in [-0.3, -0.25) is 4.79 Å². The topological polar surface area (TPSA) is 55.6 Å². The van der Waals surface area contributed by atoms with Crippen molar-refractivity contribution in [1.82, 2.24) is 4.90 Å². The standard InChI is InChI=1S/C15H28N2O2/c1-17(11-13-6-8-19-9-7-13)15(18)14-4-2-12(10-16)3-5-14/h12-14H,2-11,16H2,1H3. The monoisotopic (exact) mass is 268 g/mol. The maximum absolute atomic E-state index is 12.4. The second kappa shape index (κ2) is 7.25. The van der Waals surface area contributed by atoms with Crippen molar-refractivity contribution in [3.63, 3.8) is 0 Å². The fourth-order valence-corrected chi connectivity index (χ4v) is 3.36. The van der Waals surface area contributed by atoms with E-state index >= 15 is 0 Å². The van der Waals surface area contributed by atoms with Gasteiger partial charge in [-0.2, -0.15) is 0 Å². The minimum absolute atomic E-state index is 0.243. The Balaban J connectivity index is 1.75. The molecule has 0 atom stereocenters. The van der Waals surface area contributed by atoms with Gasteiger partial charge < -0.3 is 15.4 Å². The van der Waals surface area contributed by atoms with Crippen molar-refractivity contribution in [2.75, 3.05) is 33.4 Å². The van der Waals surface area contributed by atoms with Crippen LogP contribution < -0.4 is 5.73 Å². The van der Waals surface area contributed by atoms with Crippen LogP contribution >= 0.6 is 0 Å². The Bertz CT molecular complexity index is 282. The van der Waals surface area contributed by atoms with Crippen LogP contribution in [0.2, 0.25) is 0 Å². The first-order chi connectivity index (χ1) is 9.20. The molecule has 2 N–H and O–H groups in total. The lowest BCUT2D eigenvalue weighted by molar-refractivity contribution is -0.136. The van der Waals surface area contributed by atoms with E-state index in [2.05, 4.69) is 0 Å². The zero-order valence-electron chi connectivity index (χ0n) is 12.1.